The van der Waals surface area contributed by atoms with Crippen molar-refractivity contribution in [1.82, 2.24) is 14.8 Å². The highest BCUT2D eigenvalue weighted by Gasteiger charge is 2.12. The SMILES string of the molecule is Cc1ccc(NCc2nnc(SCC(=O)c3ccc(C)cc3)n2C)cc1. The topological polar surface area (TPSA) is 59.8 Å². The minimum Gasteiger partial charge on any atom is -0.378 e. The van der Waals surface area contributed by atoms with E-state index in [9.17, 15) is 4.79 Å². The predicted molar refractivity (Wildman–Crippen MR) is 106 cm³/mol. The third-order valence-corrected chi connectivity index (χ3v) is 5.15. The van der Waals surface area contributed by atoms with E-state index >= 15 is 0 Å². The van der Waals surface area contributed by atoms with Gasteiger partial charge in [-0.25, -0.2) is 0 Å². The van der Waals surface area contributed by atoms with Crippen LogP contribution in [0.3, 0.4) is 0 Å². The van der Waals surface area contributed by atoms with Crippen LogP contribution in [-0.4, -0.2) is 26.3 Å². The maximum Gasteiger partial charge on any atom is 0.191 e. The van der Waals surface area contributed by atoms with Crippen molar-refractivity contribution < 1.29 is 4.79 Å². The summed E-state index contributed by atoms with van der Waals surface area (Å²) in [6.07, 6.45) is 0. The quantitative estimate of drug-likeness (QED) is 0.505. The van der Waals surface area contributed by atoms with Crippen molar-refractivity contribution in [3.05, 3.63) is 71.0 Å². The predicted octanol–water partition coefficient (Wildman–Crippen LogP) is 4.02. The maximum atomic E-state index is 12.3. The van der Waals surface area contributed by atoms with Crippen molar-refractivity contribution in [2.75, 3.05) is 11.1 Å². The van der Waals surface area contributed by atoms with Gasteiger partial charge in [-0.3, -0.25) is 4.79 Å². The van der Waals surface area contributed by atoms with Gasteiger partial charge in [0.1, 0.15) is 0 Å². The van der Waals surface area contributed by atoms with Crippen molar-refractivity contribution in [2.24, 2.45) is 7.05 Å². The van der Waals surface area contributed by atoms with Gasteiger partial charge >= 0.3 is 0 Å². The fourth-order valence-electron chi connectivity index (χ4n) is 2.43. The highest BCUT2D eigenvalue weighted by molar-refractivity contribution is 7.99. The molecule has 0 aliphatic rings. The molecule has 0 atom stereocenters. The molecule has 134 valence electrons. The normalized spacial score (nSPS) is 10.7. The molecular weight excluding hydrogens is 344 g/mol. The van der Waals surface area contributed by atoms with Gasteiger partial charge in [-0.1, -0.05) is 59.3 Å². The number of thioether (sulfide) groups is 1. The molecule has 0 radical (unpaired) electrons. The Kier molecular flexibility index (Phi) is 5.73. The van der Waals surface area contributed by atoms with Crippen LogP contribution in [0.1, 0.15) is 27.3 Å². The number of ketones is 1. The summed E-state index contributed by atoms with van der Waals surface area (Å²) >= 11 is 1.41. The third-order valence-electron chi connectivity index (χ3n) is 4.13. The molecule has 2 aromatic carbocycles. The zero-order valence-electron chi connectivity index (χ0n) is 15.2. The van der Waals surface area contributed by atoms with Crippen molar-refractivity contribution in [3.8, 4) is 0 Å². The second-order valence-corrected chi connectivity index (χ2v) is 7.20. The Morgan fingerprint density at radius 2 is 1.62 bits per heavy atom. The van der Waals surface area contributed by atoms with Gasteiger partial charge in [0.2, 0.25) is 0 Å². The zero-order valence-corrected chi connectivity index (χ0v) is 16.0. The fraction of sp³-hybridized carbons (Fsp3) is 0.250. The van der Waals surface area contributed by atoms with Gasteiger partial charge in [0.05, 0.1) is 12.3 Å². The van der Waals surface area contributed by atoms with E-state index in [-0.39, 0.29) is 5.78 Å². The summed E-state index contributed by atoms with van der Waals surface area (Å²) in [6.45, 7) is 4.65. The summed E-state index contributed by atoms with van der Waals surface area (Å²) in [7, 11) is 1.92. The van der Waals surface area contributed by atoms with E-state index in [1.165, 1.54) is 17.3 Å². The highest BCUT2D eigenvalue weighted by atomic mass is 32.2. The molecule has 0 fully saturated rings. The van der Waals surface area contributed by atoms with Crippen molar-refractivity contribution in [1.29, 1.82) is 0 Å². The Hall–Kier alpha value is -2.60. The highest BCUT2D eigenvalue weighted by Crippen LogP contribution is 2.18. The van der Waals surface area contributed by atoms with E-state index in [0.717, 1.165) is 27.8 Å². The summed E-state index contributed by atoms with van der Waals surface area (Å²) in [4.78, 5) is 12.3. The Balaban J connectivity index is 1.57. The molecule has 26 heavy (non-hydrogen) atoms. The Morgan fingerprint density at radius 1 is 1.00 bits per heavy atom. The second-order valence-electron chi connectivity index (χ2n) is 6.26. The summed E-state index contributed by atoms with van der Waals surface area (Å²) < 4.78 is 1.92. The molecule has 0 spiro atoms. The number of nitrogens with zero attached hydrogens (tertiary/aromatic N) is 3. The molecule has 0 bridgehead atoms. The number of anilines is 1. The molecular formula is C20H22N4OS. The van der Waals surface area contributed by atoms with Crippen molar-refractivity contribution in [2.45, 2.75) is 25.5 Å². The number of carbonyl (C=O) groups excluding carboxylic acids is 1. The molecule has 0 amide bonds. The molecule has 0 saturated carbocycles. The van der Waals surface area contributed by atoms with Gasteiger partial charge in [0.25, 0.3) is 0 Å². The Labute approximate surface area is 157 Å². The van der Waals surface area contributed by atoms with Crippen molar-refractivity contribution in [3.63, 3.8) is 0 Å². The zero-order chi connectivity index (χ0) is 18.5. The number of aromatic nitrogens is 3. The van der Waals surface area contributed by atoms with Crippen LogP contribution in [0.2, 0.25) is 0 Å². The summed E-state index contributed by atoms with van der Waals surface area (Å²) in [6, 6.07) is 15.9. The number of carbonyl (C=O) groups is 1. The Morgan fingerprint density at radius 3 is 2.27 bits per heavy atom. The minimum absolute atomic E-state index is 0.0948. The van der Waals surface area contributed by atoms with Crippen LogP contribution in [0.5, 0.6) is 0 Å². The first-order valence-corrected chi connectivity index (χ1v) is 9.43. The van der Waals surface area contributed by atoms with Crippen LogP contribution in [0.15, 0.2) is 53.7 Å². The monoisotopic (exact) mass is 366 g/mol. The lowest BCUT2D eigenvalue weighted by Crippen LogP contribution is -2.07. The molecule has 3 rings (SSSR count). The molecule has 0 aliphatic heterocycles. The molecule has 0 saturated heterocycles. The smallest absolute Gasteiger partial charge is 0.191 e. The van der Waals surface area contributed by atoms with E-state index in [2.05, 4.69) is 34.6 Å². The molecule has 1 N–H and O–H groups in total. The van der Waals surface area contributed by atoms with Crippen LogP contribution < -0.4 is 5.32 Å². The van der Waals surface area contributed by atoms with E-state index in [1.807, 2.05) is 54.9 Å². The van der Waals surface area contributed by atoms with Gasteiger partial charge in [-0.2, -0.15) is 0 Å². The first-order chi connectivity index (χ1) is 12.5. The molecule has 1 heterocycles. The number of rotatable bonds is 7. The molecule has 1 aromatic heterocycles. The van der Waals surface area contributed by atoms with Crippen molar-refractivity contribution >= 4 is 23.2 Å². The van der Waals surface area contributed by atoms with E-state index in [0.29, 0.717) is 12.3 Å². The maximum absolute atomic E-state index is 12.3. The Bertz CT molecular complexity index is 885. The number of benzene rings is 2. The second kappa shape index (κ2) is 8.19. The number of Topliss-reactive ketones (excluding diaryl/α,β-unsaturated/α-hetero) is 1. The van der Waals surface area contributed by atoms with Gasteiger partial charge in [-0.05, 0) is 26.0 Å². The van der Waals surface area contributed by atoms with Gasteiger partial charge in [0, 0.05) is 18.3 Å². The average Bonchev–Trinajstić information content (AvgIpc) is 3.00. The third kappa shape index (κ3) is 4.52. The molecule has 0 unspecified atom stereocenters. The number of hydrogen-bond acceptors (Lipinski definition) is 5. The van der Waals surface area contributed by atoms with Crippen LogP contribution in [0.25, 0.3) is 0 Å². The summed E-state index contributed by atoms with van der Waals surface area (Å²) in [5.74, 6) is 1.27. The van der Waals surface area contributed by atoms with Gasteiger partial charge in [0.15, 0.2) is 16.8 Å². The number of hydrogen-bond donors (Lipinski definition) is 1. The lowest BCUT2D eigenvalue weighted by atomic mass is 10.1. The van der Waals surface area contributed by atoms with E-state index in [1.54, 1.807) is 0 Å². The number of nitrogens with one attached hydrogen (secondary N) is 1. The largest absolute Gasteiger partial charge is 0.378 e. The summed E-state index contributed by atoms with van der Waals surface area (Å²) in [5.41, 5.74) is 4.15. The molecule has 6 heteroatoms. The standard InChI is InChI=1S/C20H22N4OS/c1-14-4-8-16(9-5-14)18(25)13-26-20-23-22-19(24(20)3)12-21-17-10-6-15(2)7-11-17/h4-11,21H,12-13H2,1-3H3. The van der Waals surface area contributed by atoms with Gasteiger partial charge < -0.3 is 9.88 Å². The first-order valence-electron chi connectivity index (χ1n) is 8.44. The lowest BCUT2D eigenvalue weighted by molar-refractivity contribution is 0.102. The molecule has 3 aromatic rings. The molecule has 0 aliphatic carbocycles. The number of aryl methyl sites for hydroxylation is 2. The first kappa shape index (κ1) is 18.2. The van der Waals surface area contributed by atoms with Gasteiger partial charge in [-0.15, -0.1) is 10.2 Å². The minimum atomic E-state index is 0.0948. The van der Waals surface area contributed by atoms with Crippen LogP contribution in [0, 0.1) is 13.8 Å². The van der Waals surface area contributed by atoms with Crippen LogP contribution in [-0.2, 0) is 13.6 Å². The summed E-state index contributed by atoms with van der Waals surface area (Å²) in [5, 5.41) is 12.5. The molecule has 5 nitrogen and oxygen atoms in total. The average molecular weight is 366 g/mol. The van der Waals surface area contributed by atoms with Crippen LogP contribution >= 0.6 is 11.8 Å². The fourth-order valence-corrected chi connectivity index (χ4v) is 3.25. The van der Waals surface area contributed by atoms with Crippen LogP contribution in [0.4, 0.5) is 5.69 Å². The van der Waals surface area contributed by atoms with E-state index < -0.39 is 0 Å². The van der Waals surface area contributed by atoms with E-state index in [4.69, 9.17) is 0 Å². The lowest BCUT2D eigenvalue weighted by Gasteiger charge is -2.07.